The summed E-state index contributed by atoms with van der Waals surface area (Å²) in [6.45, 7) is 4.53. The number of rotatable bonds is 13. The van der Waals surface area contributed by atoms with E-state index in [4.69, 9.17) is 23.2 Å². The van der Waals surface area contributed by atoms with Gasteiger partial charge in [-0.15, -0.1) is 0 Å². The van der Waals surface area contributed by atoms with E-state index in [1.165, 1.54) is 47.4 Å². The van der Waals surface area contributed by atoms with Crippen LogP contribution in [-0.4, -0.2) is 48.7 Å². The van der Waals surface area contributed by atoms with Crippen LogP contribution in [0, 0.1) is 10.1 Å². The van der Waals surface area contributed by atoms with E-state index in [0.717, 1.165) is 10.4 Å². The van der Waals surface area contributed by atoms with Crippen molar-refractivity contribution in [1.82, 2.24) is 10.2 Å². The molecule has 0 saturated carbocycles. The van der Waals surface area contributed by atoms with E-state index in [0.29, 0.717) is 12.0 Å². The number of non-ortho nitro benzene ring substituents is 1. The first kappa shape index (κ1) is 32.8. The fraction of sp³-hybridized carbons (Fsp3) is 0.310. The van der Waals surface area contributed by atoms with Crippen LogP contribution < -0.4 is 9.62 Å². The van der Waals surface area contributed by atoms with E-state index in [1.807, 2.05) is 13.8 Å². The summed E-state index contributed by atoms with van der Waals surface area (Å²) in [5.74, 6) is -1.15. The normalized spacial score (nSPS) is 12.7. The van der Waals surface area contributed by atoms with Gasteiger partial charge in [0.1, 0.15) is 12.6 Å². The summed E-state index contributed by atoms with van der Waals surface area (Å²) >= 11 is 12.8. The van der Waals surface area contributed by atoms with Crippen LogP contribution in [0.25, 0.3) is 0 Å². The van der Waals surface area contributed by atoms with Crippen molar-refractivity contribution in [1.29, 1.82) is 0 Å². The lowest BCUT2D eigenvalue weighted by Gasteiger charge is -2.34. The third-order valence-electron chi connectivity index (χ3n) is 6.72. The maximum Gasteiger partial charge on any atom is 0.271 e. The molecule has 0 aliphatic heterocycles. The lowest BCUT2D eigenvalue weighted by molar-refractivity contribution is -0.384. The molecule has 0 bridgehead atoms. The Kier molecular flexibility index (Phi) is 11.3. The molecule has 13 heteroatoms. The molecule has 0 unspecified atom stereocenters. The molecule has 1 N–H and O–H groups in total. The number of amides is 2. The number of benzene rings is 3. The van der Waals surface area contributed by atoms with Gasteiger partial charge in [0.15, 0.2) is 0 Å². The van der Waals surface area contributed by atoms with E-state index in [2.05, 4.69) is 5.32 Å². The number of nitrogens with one attached hydrogen (secondary N) is 1. The Morgan fingerprint density at radius 3 is 2.14 bits per heavy atom. The van der Waals surface area contributed by atoms with E-state index in [9.17, 15) is 28.1 Å². The van der Waals surface area contributed by atoms with Gasteiger partial charge in [0, 0.05) is 40.3 Å². The van der Waals surface area contributed by atoms with Crippen LogP contribution in [0.4, 0.5) is 11.4 Å². The predicted octanol–water partition coefficient (Wildman–Crippen LogP) is 5.82. The second kappa shape index (κ2) is 14.5. The van der Waals surface area contributed by atoms with Crippen molar-refractivity contribution in [2.75, 3.05) is 10.8 Å². The molecule has 2 atom stereocenters. The number of carbonyl (C=O) groups is 2. The van der Waals surface area contributed by atoms with Crippen LogP contribution in [0.5, 0.6) is 0 Å². The van der Waals surface area contributed by atoms with E-state index < -0.39 is 39.3 Å². The molecule has 10 nitrogen and oxygen atoms in total. The molecular weight excluding hydrogens is 603 g/mol. The van der Waals surface area contributed by atoms with Gasteiger partial charge >= 0.3 is 0 Å². The lowest BCUT2D eigenvalue weighted by Crippen LogP contribution is -2.53. The molecule has 0 fully saturated rings. The molecule has 3 aromatic carbocycles. The average Bonchev–Trinajstić information content (AvgIpc) is 2.97. The molecule has 0 saturated heterocycles. The van der Waals surface area contributed by atoms with E-state index in [-0.39, 0.29) is 45.3 Å². The fourth-order valence-corrected chi connectivity index (χ4v) is 6.17. The molecule has 0 aliphatic rings. The zero-order chi connectivity index (χ0) is 31.0. The van der Waals surface area contributed by atoms with E-state index in [1.54, 1.807) is 31.2 Å². The van der Waals surface area contributed by atoms with Gasteiger partial charge in [0.2, 0.25) is 11.8 Å². The summed E-state index contributed by atoms with van der Waals surface area (Å²) in [6.07, 6.45) is 0.862. The van der Waals surface area contributed by atoms with Crippen LogP contribution in [0.1, 0.15) is 39.2 Å². The highest BCUT2D eigenvalue weighted by molar-refractivity contribution is 7.92. The molecule has 0 heterocycles. The van der Waals surface area contributed by atoms with Crippen LogP contribution in [0.2, 0.25) is 10.0 Å². The summed E-state index contributed by atoms with van der Waals surface area (Å²) in [4.78, 5) is 39.5. The van der Waals surface area contributed by atoms with Crippen LogP contribution in [-0.2, 0) is 26.2 Å². The molecular formula is C29H32Cl2N4O6S. The standard InChI is InChI=1S/C29H32Cl2N4O6S/c1-4-20(3)32-29(37)27(5-2)33(18-24-25(30)15-10-16-26(24)31)28(36)19-34(21-11-9-12-22(17-21)35(38)39)42(40,41)23-13-7-6-8-14-23/h6-17,20,27H,4-5,18-19H2,1-3H3,(H,32,37)/t20-,27+/m1/s1. The van der Waals surface area contributed by atoms with Crippen molar-refractivity contribution in [3.8, 4) is 0 Å². The van der Waals surface area contributed by atoms with Crippen molar-refractivity contribution < 1.29 is 22.9 Å². The van der Waals surface area contributed by atoms with Gasteiger partial charge in [-0.2, -0.15) is 0 Å². The average molecular weight is 636 g/mol. The second-order valence-electron chi connectivity index (χ2n) is 9.57. The number of halogens is 2. The first-order chi connectivity index (χ1) is 19.9. The monoisotopic (exact) mass is 634 g/mol. The summed E-state index contributed by atoms with van der Waals surface area (Å²) in [5, 5.41) is 14.9. The molecule has 0 aromatic heterocycles. The summed E-state index contributed by atoms with van der Waals surface area (Å²) in [7, 11) is -4.38. The van der Waals surface area contributed by atoms with E-state index >= 15 is 0 Å². The molecule has 0 radical (unpaired) electrons. The number of nitrogens with zero attached hydrogens (tertiary/aromatic N) is 3. The number of carbonyl (C=O) groups excluding carboxylic acids is 2. The maximum absolute atomic E-state index is 14.1. The number of sulfonamides is 1. The first-order valence-corrected chi connectivity index (χ1v) is 15.4. The Hall–Kier alpha value is -3.67. The van der Waals surface area contributed by atoms with Crippen molar-refractivity contribution >= 4 is 56.4 Å². The van der Waals surface area contributed by atoms with Gasteiger partial charge in [-0.05, 0) is 50.1 Å². The quantitative estimate of drug-likeness (QED) is 0.186. The van der Waals surface area contributed by atoms with Gasteiger partial charge in [-0.3, -0.25) is 24.0 Å². The maximum atomic E-state index is 14.1. The molecule has 2 amide bonds. The third kappa shape index (κ3) is 7.78. The Bertz CT molecular complexity index is 1520. The van der Waals surface area contributed by atoms with Crippen LogP contribution in [0.15, 0.2) is 77.7 Å². The van der Waals surface area contributed by atoms with Crippen molar-refractivity contribution in [3.63, 3.8) is 0 Å². The summed E-state index contributed by atoms with van der Waals surface area (Å²) < 4.78 is 28.5. The van der Waals surface area contributed by atoms with Gasteiger partial charge in [-0.1, -0.05) is 67.4 Å². The van der Waals surface area contributed by atoms with Crippen LogP contribution >= 0.6 is 23.2 Å². The van der Waals surface area contributed by atoms with Crippen molar-refractivity contribution in [2.24, 2.45) is 0 Å². The highest BCUT2D eigenvalue weighted by Gasteiger charge is 2.35. The minimum absolute atomic E-state index is 0.0887. The summed E-state index contributed by atoms with van der Waals surface area (Å²) in [5.41, 5.74) is -0.0571. The minimum Gasteiger partial charge on any atom is -0.352 e. The molecule has 0 aliphatic carbocycles. The summed E-state index contributed by atoms with van der Waals surface area (Å²) in [6, 6.07) is 16.1. The minimum atomic E-state index is -4.38. The Labute approximate surface area is 255 Å². The third-order valence-corrected chi connectivity index (χ3v) is 9.21. The fourth-order valence-electron chi connectivity index (χ4n) is 4.22. The number of nitro groups is 1. The number of anilines is 1. The molecule has 0 spiro atoms. The number of nitro benzene ring substituents is 1. The second-order valence-corrected chi connectivity index (χ2v) is 12.2. The Balaban J connectivity index is 2.13. The molecule has 42 heavy (non-hydrogen) atoms. The number of hydrogen-bond donors (Lipinski definition) is 1. The van der Waals surface area contributed by atoms with Gasteiger partial charge in [0.05, 0.1) is 15.5 Å². The highest BCUT2D eigenvalue weighted by Crippen LogP contribution is 2.30. The molecule has 3 aromatic rings. The van der Waals surface area contributed by atoms with Crippen LogP contribution in [0.3, 0.4) is 0 Å². The predicted molar refractivity (Wildman–Crippen MR) is 163 cm³/mol. The smallest absolute Gasteiger partial charge is 0.271 e. The number of hydrogen-bond acceptors (Lipinski definition) is 6. The van der Waals surface area contributed by atoms with Gasteiger partial charge in [-0.25, -0.2) is 8.42 Å². The van der Waals surface area contributed by atoms with Crippen molar-refractivity contribution in [3.05, 3.63) is 98.5 Å². The Morgan fingerprint density at radius 1 is 0.952 bits per heavy atom. The molecule has 3 rings (SSSR count). The highest BCUT2D eigenvalue weighted by atomic mass is 35.5. The lowest BCUT2D eigenvalue weighted by atomic mass is 10.1. The zero-order valence-electron chi connectivity index (χ0n) is 23.4. The van der Waals surface area contributed by atoms with Crippen molar-refractivity contribution in [2.45, 2.75) is 57.1 Å². The SMILES string of the molecule is CC[C@@H](C)NC(=O)[C@H](CC)N(Cc1c(Cl)cccc1Cl)C(=O)CN(c1cccc([N+](=O)[O-])c1)S(=O)(=O)c1ccccc1. The topological polar surface area (TPSA) is 130 Å². The largest absolute Gasteiger partial charge is 0.352 e. The molecule has 224 valence electrons. The van der Waals surface area contributed by atoms with Gasteiger partial charge in [0.25, 0.3) is 15.7 Å². The zero-order valence-corrected chi connectivity index (χ0v) is 25.7. The Morgan fingerprint density at radius 2 is 1.57 bits per heavy atom. The van der Waals surface area contributed by atoms with Gasteiger partial charge < -0.3 is 10.2 Å². The first-order valence-electron chi connectivity index (χ1n) is 13.3.